The Balaban J connectivity index is 1.37. The molecule has 1 aliphatic carbocycles. The van der Waals surface area contributed by atoms with E-state index in [1.165, 1.54) is 6.08 Å². The molecular formula is C19H21FN4O4. The van der Waals surface area contributed by atoms with Gasteiger partial charge in [-0.15, -0.1) is 0 Å². The second-order valence-electron chi connectivity index (χ2n) is 8.22. The predicted octanol–water partition coefficient (Wildman–Crippen LogP) is -0.766. The quantitative estimate of drug-likeness (QED) is 0.603. The molecule has 28 heavy (non-hydrogen) atoms. The Morgan fingerprint density at radius 2 is 1.71 bits per heavy atom. The smallest absolute Gasteiger partial charge is 0.262 e. The van der Waals surface area contributed by atoms with Crippen LogP contribution in [0.1, 0.15) is 19.3 Å². The first-order chi connectivity index (χ1) is 13.4. The van der Waals surface area contributed by atoms with Gasteiger partial charge in [0.2, 0.25) is 11.8 Å². The number of amides is 4. The van der Waals surface area contributed by atoms with Crippen molar-refractivity contribution in [3.63, 3.8) is 0 Å². The van der Waals surface area contributed by atoms with Crippen LogP contribution in [0.15, 0.2) is 23.0 Å². The van der Waals surface area contributed by atoms with Crippen molar-refractivity contribution in [2.75, 3.05) is 26.2 Å². The minimum Gasteiger partial charge on any atom is -0.316 e. The highest BCUT2D eigenvalue weighted by molar-refractivity contribution is 6.23. The maximum atomic E-state index is 14.9. The minimum absolute atomic E-state index is 0.0458. The molecular weight excluding hydrogens is 367 g/mol. The van der Waals surface area contributed by atoms with Crippen LogP contribution in [-0.2, 0) is 19.2 Å². The summed E-state index contributed by atoms with van der Waals surface area (Å²) in [6.07, 6.45) is 1.47. The highest BCUT2D eigenvalue weighted by Crippen LogP contribution is 2.39. The molecule has 3 saturated heterocycles. The van der Waals surface area contributed by atoms with Crippen molar-refractivity contribution in [3.05, 3.63) is 23.0 Å². The maximum Gasteiger partial charge on any atom is 0.262 e. The Hall–Kier alpha value is -2.39. The van der Waals surface area contributed by atoms with Crippen molar-refractivity contribution in [1.82, 2.24) is 20.4 Å². The van der Waals surface area contributed by atoms with Crippen LogP contribution in [0.2, 0.25) is 0 Å². The van der Waals surface area contributed by atoms with Gasteiger partial charge in [0.15, 0.2) is 0 Å². The van der Waals surface area contributed by atoms with Gasteiger partial charge in [-0.1, -0.05) is 0 Å². The van der Waals surface area contributed by atoms with E-state index in [0.29, 0.717) is 11.8 Å². The molecule has 0 aromatic rings. The van der Waals surface area contributed by atoms with Crippen molar-refractivity contribution in [2.24, 2.45) is 11.8 Å². The largest absolute Gasteiger partial charge is 0.316 e. The fraction of sp³-hybridized carbons (Fsp3) is 0.579. The molecule has 5 rings (SSSR count). The van der Waals surface area contributed by atoms with Crippen LogP contribution in [-0.4, -0.2) is 71.7 Å². The van der Waals surface area contributed by atoms with Crippen molar-refractivity contribution >= 4 is 23.6 Å². The van der Waals surface area contributed by atoms with Gasteiger partial charge >= 0.3 is 0 Å². The first-order valence-electron chi connectivity index (χ1n) is 9.70. The number of piperidine rings is 1. The Morgan fingerprint density at radius 3 is 2.39 bits per heavy atom. The Bertz CT molecular complexity index is 854. The minimum atomic E-state index is -1.02. The lowest BCUT2D eigenvalue weighted by Crippen LogP contribution is -2.54. The summed E-state index contributed by atoms with van der Waals surface area (Å²) in [5, 5.41) is 5.51. The molecule has 148 valence electrons. The molecule has 9 heteroatoms. The highest BCUT2D eigenvalue weighted by atomic mass is 19.1. The third-order valence-corrected chi connectivity index (χ3v) is 6.63. The molecule has 0 spiro atoms. The van der Waals surface area contributed by atoms with Gasteiger partial charge < -0.3 is 5.32 Å². The fourth-order valence-corrected chi connectivity index (χ4v) is 5.14. The number of carbonyl (C=O) groups excluding carboxylic acids is 4. The zero-order chi connectivity index (χ0) is 19.6. The molecule has 2 N–H and O–H groups in total. The summed E-state index contributed by atoms with van der Waals surface area (Å²) >= 11 is 0. The topological polar surface area (TPSA) is 98.8 Å². The van der Waals surface area contributed by atoms with Crippen molar-refractivity contribution in [2.45, 2.75) is 31.3 Å². The number of nitrogens with one attached hydrogen (secondary N) is 2. The van der Waals surface area contributed by atoms with E-state index in [1.54, 1.807) is 0 Å². The standard InChI is InChI=1S/C19H21FN4O4/c20-13-3-11-12(4-15(13)23-7-9-5-21-6-10(9)8-23)19(28)24(18(11)27)14-1-2-16(25)22-17(14)26/h3,9-10,14-15,21H,1-2,4-8H2,(H,22,25,26). The number of fused-ring (bicyclic) bond motifs is 1. The first-order valence-corrected chi connectivity index (χ1v) is 9.70. The van der Waals surface area contributed by atoms with Gasteiger partial charge in [-0.05, 0) is 37.4 Å². The number of halogens is 1. The summed E-state index contributed by atoms with van der Waals surface area (Å²) in [7, 11) is 0. The molecule has 5 aliphatic rings. The molecule has 4 heterocycles. The van der Waals surface area contributed by atoms with Gasteiger partial charge in [0.05, 0.1) is 11.6 Å². The third kappa shape index (κ3) is 2.56. The molecule has 0 saturated carbocycles. The molecule has 8 nitrogen and oxygen atoms in total. The summed E-state index contributed by atoms with van der Waals surface area (Å²) in [6, 6.07) is -1.56. The highest BCUT2D eigenvalue weighted by Gasteiger charge is 2.49. The van der Waals surface area contributed by atoms with Crippen LogP contribution in [0.4, 0.5) is 4.39 Å². The first kappa shape index (κ1) is 17.7. The normalized spacial score (nSPS) is 36.0. The second-order valence-corrected chi connectivity index (χ2v) is 8.22. The molecule has 4 atom stereocenters. The summed E-state index contributed by atoms with van der Waals surface area (Å²) in [6.45, 7) is 3.39. The molecule has 4 amide bonds. The number of nitrogens with zero attached hydrogens (tertiary/aromatic N) is 2. The van der Waals surface area contributed by atoms with Crippen LogP contribution in [0, 0.1) is 11.8 Å². The Kier molecular flexibility index (Phi) is 3.99. The van der Waals surface area contributed by atoms with Crippen LogP contribution >= 0.6 is 0 Å². The van der Waals surface area contributed by atoms with E-state index in [0.717, 1.165) is 31.1 Å². The lowest BCUT2D eigenvalue weighted by Gasteiger charge is -2.30. The van der Waals surface area contributed by atoms with Crippen molar-refractivity contribution in [1.29, 1.82) is 0 Å². The van der Waals surface area contributed by atoms with E-state index in [4.69, 9.17) is 0 Å². The SMILES string of the molecule is O=C1CCC(N2C(=O)C3=C(CC(N4CC5CNCC5C4)C(F)=C3)C2=O)C(=O)N1. The zero-order valence-corrected chi connectivity index (χ0v) is 15.2. The molecule has 3 fully saturated rings. The van der Waals surface area contributed by atoms with Crippen molar-refractivity contribution < 1.29 is 23.6 Å². The number of rotatable bonds is 2. The number of likely N-dealkylation sites (tertiary alicyclic amines) is 1. The van der Waals surface area contributed by atoms with Gasteiger partial charge in [-0.2, -0.15) is 0 Å². The van der Waals surface area contributed by atoms with E-state index in [2.05, 4.69) is 15.5 Å². The third-order valence-electron chi connectivity index (χ3n) is 6.63. The molecule has 4 unspecified atom stereocenters. The number of carbonyl (C=O) groups is 4. The summed E-state index contributed by atoms with van der Waals surface area (Å²) in [5.74, 6) is -1.68. The fourth-order valence-electron chi connectivity index (χ4n) is 5.14. The Morgan fingerprint density at radius 1 is 1.00 bits per heavy atom. The summed E-state index contributed by atoms with van der Waals surface area (Å²) in [4.78, 5) is 52.2. The average Bonchev–Trinajstić information content (AvgIpc) is 3.30. The van der Waals surface area contributed by atoms with E-state index >= 15 is 0 Å². The predicted molar refractivity (Wildman–Crippen MR) is 94.1 cm³/mol. The van der Waals surface area contributed by atoms with Crippen LogP contribution in [0.25, 0.3) is 0 Å². The van der Waals surface area contributed by atoms with E-state index in [1.807, 2.05) is 0 Å². The number of imide groups is 2. The number of hydrogen-bond acceptors (Lipinski definition) is 6. The monoisotopic (exact) mass is 388 g/mol. The van der Waals surface area contributed by atoms with Gasteiger partial charge in [0.25, 0.3) is 11.8 Å². The van der Waals surface area contributed by atoms with Crippen LogP contribution in [0.5, 0.6) is 0 Å². The molecule has 0 aromatic carbocycles. The average molecular weight is 388 g/mol. The van der Waals surface area contributed by atoms with Gasteiger partial charge in [0, 0.05) is 31.5 Å². The molecule has 4 aliphatic heterocycles. The lowest BCUT2D eigenvalue weighted by molar-refractivity contribution is -0.150. The lowest BCUT2D eigenvalue weighted by atomic mass is 9.94. The molecule has 0 bridgehead atoms. The second kappa shape index (κ2) is 6.31. The molecule has 0 aromatic heterocycles. The molecule has 0 radical (unpaired) electrons. The van der Waals surface area contributed by atoms with Crippen LogP contribution < -0.4 is 10.6 Å². The summed E-state index contributed by atoms with van der Waals surface area (Å²) in [5.41, 5.74) is 0.320. The van der Waals surface area contributed by atoms with Crippen molar-refractivity contribution in [3.8, 4) is 0 Å². The van der Waals surface area contributed by atoms with Gasteiger partial charge in [0.1, 0.15) is 11.9 Å². The van der Waals surface area contributed by atoms with E-state index in [-0.39, 0.29) is 30.4 Å². The summed E-state index contributed by atoms with van der Waals surface area (Å²) < 4.78 is 14.9. The zero-order valence-electron chi connectivity index (χ0n) is 15.2. The van der Waals surface area contributed by atoms with Crippen LogP contribution in [0.3, 0.4) is 0 Å². The Labute approximate surface area is 160 Å². The van der Waals surface area contributed by atoms with E-state index in [9.17, 15) is 23.6 Å². The van der Waals surface area contributed by atoms with Gasteiger partial charge in [-0.3, -0.25) is 34.3 Å². The number of hydrogen-bond donors (Lipinski definition) is 2. The van der Waals surface area contributed by atoms with E-state index < -0.39 is 41.5 Å². The maximum absolute atomic E-state index is 14.9. The van der Waals surface area contributed by atoms with Gasteiger partial charge in [-0.25, -0.2) is 4.39 Å².